The zero-order chi connectivity index (χ0) is 58.5. The Bertz CT molecular complexity index is 3060. The summed E-state index contributed by atoms with van der Waals surface area (Å²) in [5.41, 5.74) is 0.287. The molecule has 6 aliphatic rings. The van der Waals surface area contributed by atoms with Gasteiger partial charge in [-0.25, -0.2) is 4.39 Å². The quantitative estimate of drug-likeness (QED) is 0.0732. The summed E-state index contributed by atoms with van der Waals surface area (Å²) in [5, 5.41) is 39.7. The third-order valence-corrected chi connectivity index (χ3v) is 16.6. The van der Waals surface area contributed by atoms with Crippen LogP contribution in [0.4, 0.5) is 15.8 Å². The molecule has 3 aromatic carbocycles. The van der Waals surface area contributed by atoms with E-state index in [1.165, 1.54) is 32.4 Å². The first-order valence-corrected chi connectivity index (χ1v) is 28.1. The van der Waals surface area contributed by atoms with Crippen LogP contribution < -0.4 is 25.7 Å². The maximum atomic E-state index is 15.0. The third kappa shape index (κ3) is 12.4. The number of halogens is 1. The molecule has 5 bridgehead atoms. The largest absolute Gasteiger partial charge is 0.507 e. The molecule has 9 rings (SSSR count). The number of aromatic hydroxyl groups is 2. The number of nitrogens with zero attached hydrogens (tertiary/aromatic N) is 5. The number of phenolic OH excluding ortho intramolecular Hbond substituents is 2. The number of fused-ring (bicyclic) bond motifs is 13. The molecule has 17 nitrogen and oxygen atoms in total. The molecular weight excluding hydrogens is 1020 g/mol. The van der Waals surface area contributed by atoms with Crippen molar-refractivity contribution >= 4 is 45.7 Å². The van der Waals surface area contributed by atoms with Crippen molar-refractivity contribution in [2.45, 2.75) is 131 Å². The monoisotopic (exact) mass is 1100 g/mol. The van der Waals surface area contributed by atoms with Gasteiger partial charge in [0.15, 0.2) is 11.4 Å². The molecule has 0 aromatic heterocycles. The van der Waals surface area contributed by atoms with Crippen LogP contribution in [0.3, 0.4) is 0 Å². The van der Waals surface area contributed by atoms with Crippen LogP contribution in [-0.2, 0) is 28.6 Å². The van der Waals surface area contributed by atoms with Gasteiger partial charge in [0.05, 0.1) is 34.8 Å². The number of nitrogens with one attached hydrogen (secondary N) is 1. The molecule has 18 heteroatoms. The zero-order valence-corrected chi connectivity index (χ0v) is 48.3. The maximum Gasteiger partial charge on any atom is 0.318 e. The Hall–Kier alpha value is -6.81. The Kier molecular flexibility index (Phi) is 19.3. The number of hydrogen-bond acceptors (Lipinski definition) is 15. The highest BCUT2D eigenvalue weighted by molar-refractivity contribution is 6.19. The molecule has 80 heavy (non-hydrogen) atoms. The van der Waals surface area contributed by atoms with E-state index in [2.05, 4.69) is 41.8 Å². The molecule has 3 aromatic rings. The van der Waals surface area contributed by atoms with Crippen LogP contribution in [0.25, 0.3) is 10.8 Å². The van der Waals surface area contributed by atoms with Crippen molar-refractivity contribution in [3.8, 4) is 30.1 Å². The average Bonchev–Trinajstić information content (AvgIpc) is 3.65. The summed E-state index contributed by atoms with van der Waals surface area (Å²) in [5.74, 6) is -7.92. The number of ether oxygens (including phenoxy) is 4. The predicted octanol–water partition coefficient (Wildman–Crippen LogP) is 7.91. The molecule has 0 radical (unpaired) electrons. The van der Waals surface area contributed by atoms with Crippen LogP contribution >= 0.6 is 0 Å². The van der Waals surface area contributed by atoms with Gasteiger partial charge in [-0.2, -0.15) is 0 Å². The second-order valence-electron chi connectivity index (χ2n) is 22.9. The average molecular weight is 1110 g/mol. The second kappa shape index (κ2) is 25.3. The van der Waals surface area contributed by atoms with Gasteiger partial charge in [0, 0.05) is 107 Å². The highest BCUT2D eigenvalue weighted by Crippen LogP contribution is 2.50. The molecule has 432 valence electrons. The third-order valence-electron chi connectivity index (χ3n) is 16.6. The number of aliphatic hydroxyl groups is 1. The van der Waals surface area contributed by atoms with Gasteiger partial charge in [-0.3, -0.25) is 29.2 Å². The lowest BCUT2D eigenvalue weighted by Gasteiger charge is -2.37. The fraction of sp³-hybridized carbons (Fsp3) is 0.548. The lowest BCUT2D eigenvalue weighted by molar-refractivity contribution is -0.170. The highest BCUT2D eigenvalue weighted by Gasteiger charge is 2.50. The van der Waals surface area contributed by atoms with Gasteiger partial charge in [0.2, 0.25) is 5.91 Å². The van der Waals surface area contributed by atoms with Crippen molar-refractivity contribution in [2.75, 3.05) is 63.1 Å². The molecule has 4 N–H and O–H groups in total. The first-order chi connectivity index (χ1) is 38.0. The Labute approximate surface area is 469 Å². The number of piperidine rings is 1. The zero-order valence-electron chi connectivity index (χ0n) is 48.3. The van der Waals surface area contributed by atoms with Crippen molar-refractivity contribution in [3.63, 3.8) is 0 Å². The van der Waals surface area contributed by atoms with Crippen LogP contribution in [0.1, 0.15) is 110 Å². The van der Waals surface area contributed by atoms with Crippen molar-refractivity contribution in [1.82, 2.24) is 9.80 Å². The standard InChI is InChI=1S/C60H79FN6O11.C2H2/c1-12-42(57(73)67-25-14-24-66(28-29-67)41-19-17-40(61)18-20-41)58(74)77-53-37(7)43(75-11)21-30-76-59(10)55(71)46-44-45(51(69)39(9)54(46)78-59)52(70)49(48-47(44)63-60(64-48)22-26-65(27-23-60)32-33(2)3)62-56(72)35(5)16-13-15-34(4)31-36(6)50(68)38(53)8;1-2/h13,15-21,30,33-34,36-38,42-43,50,53,68-70H,12,14,22-29,31-32H2,1-11H3,(H,62,72);1-2H/b15-13+,30-21+,35-16-;/t34?,36-,37-,38-,42?,43+,50?,53?,59?;/m1./s1. The molecule has 1 spiro atoms. The maximum absolute atomic E-state index is 15.0. The fourth-order valence-electron chi connectivity index (χ4n) is 12.0. The molecule has 2 amide bonds. The van der Waals surface area contributed by atoms with Crippen LogP contribution in [0, 0.1) is 61.1 Å². The molecule has 6 aliphatic heterocycles. The van der Waals surface area contributed by atoms with Gasteiger partial charge in [-0.15, -0.1) is 12.8 Å². The van der Waals surface area contributed by atoms with Gasteiger partial charge in [-0.1, -0.05) is 66.7 Å². The van der Waals surface area contributed by atoms with Gasteiger partial charge in [0.1, 0.15) is 40.4 Å². The first kappa shape index (κ1) is 60.8. The number of esters is 1. The van der Waals surface area contributed by atoms with Crippen molar-refractivity contribution < 1.29 is 57.8 Å². The van der Waals surface area contributed by atoms with E-state index in [-0.39, 0.29) is 79.8 Å². The van der Waals surface area contributed by atoms with Gasteiger partial charge < -0.3 is 54.3 Å². The van der Waals surface area contributed by atoms with E-state index in [0.29, 0.717) is 76.4 Å². The Morgan fingerprint density at radius 2 is 1.60 bits per heavy atom. The highest BCUT2D eigenvalue weighted by atomic mass is 19.1. The lowest BCUT2D eigenvalue weighted by atomic mass is 9.79. The number of benzene rings is 3. The molecule has 6 heterocycles. The number of likely N-dealkylation sites (tertiary alicyclic amines) is 1. The van der Waals surface area contributed by atoms with Crippen LogP contribution in [0.15, 0.2) is 70.4 Å². The smallest absolute Gasteiger partial charge is 0.318 e. The number of carbonyl (C=O) groups excluding carboxylic acids is 4. The van der Waals surface area contributed by atoms with Gasteiger partial charge >= 0.3 is 11.8 Å². The second-order valence-corrected chi connectivity index (χ2v) is 22.9. The molecule has 9 atom stereocenters. The number of anilines is 2. The molecule has 0 aliphatic carbocycles. The van der Waals surface area contributed by atoms with E-state index in [1.54, 1.807) is 63.0 Å². The van der Waals surface area contributed by atoms with E-state index in [0.717, 1.165) is 12.2 Å². The summed E-state index contributed by atoms with van der Waals surface area (Å²) < 4.78 is 38.9. The summed E-state index contributed by atoms with van der Waals surface area (Å²) in [6, 6.07) is 6.24. The minimum absolute atomic E-state index is 0.0182. The van der Waals surface area contributed by atoms with Gasteiger partial charge in [0.25, 0.3) is 11.7 Å². The van der Waals surface area contributed by atoms with Crippen LogP contribution in [0.5, 0.6) is 17.2 Å². The number of allylic oxidation sites excluding steroid dienone is 3. The van der Waals surface area contributed by atoms with E-state index in [1.807, 2.05) is 26.8 Å². The topological polar surface area (TPSA) is 212 Å². The van der Waals surface area contributed by atoms with Crippen molar-refractivity contribution in [3.05, 3.63) is 88.1 Å². The number of ketones is 1. The summed E-state index contributed by atoms with van der Waals surface area (Å²) in [4.78, 5) is 74.5. The normalized spacial score (nSPS) is 28.2. The fourth-order valence-corrected chi connectivity index (χ4v) is 12.0. The minimum Gasteiger partial charge on any atom is -0.507 e. The number of terminal acetylenes is 1. The number of aliphatic hydroxyl groups excluding tert-OH is 1. The summed E-state index contributed by atoms with van der Waals surface area (Å²) >= 11 is 0. The Morgan fingerprint density at radius 1 is 0.925 bits per heavy atom. The van der Waals surface area contributed by atoms with Gasteiger partial charge in [-0.05, 0) is 81.2 Å². The van der Waals surface area contributed by atoms with Crippen molar-refractivity contribution in [2.24, 2.45) is 45.5 Å². The summed E-state index contributed by atoms with van der Waals surface area (Å²) in [6.07, 6.45) is 15.7. The molecule has 2 fully saturated rings. The number of Topliss-reactive ketones (excluding diaryl/α,β-unsaturated/α-hetero) is 1. The van der Waals surface area contributed by atoms with E-state index >= 15 is 4.79 Å². The number of methoxy groups -OCH3 is 1. The van der Waals surface area contributed by atoms with E-state index < -0.39 is 70.9 Å². The van der Waals surface area contributed by atoms with Crippen LogP contribution in [-0.4, -0.2) is 131 Å². The SMILES string of the molecule is C#C.CCC(C(=O)OC1[C@H](C)C(O)[C@H](C)CC(C)/C=C/C=C(/C)C(=O)Nc2c(O)c3c(O)c(C)c4c(c3c3c2=NC2(CCN(CC(C)C)CC2)N=3)C(=O)C(C)(O/C=C/[C@H](OC)[C@H]1C)O4)C(=O)N1CCCN(c2ccc(F)cc2)CC1. The van der Waals surface area contributed by atoms with E-state index in [4.69, 9.17) is 28.9 Å². The number of hydrogen-bond donors (Lipinski definition) is 4. The molecule has 5 unspecified atom stereocenters. The Balaban J connectivity index is 0.00000457. The summed E-state index contributed by atoms with van der Waals surface area (Å²) in [7, 11) is 1.48. The first-order valence-electron chi connectivity index (χ1n) is 28.1. The number of phenols is 2. The number of rotatable bonds is 8. The molecule has 0 saturated carbocycles. The van der Waals surface area contributed by atoms with E-state index in [9.17, 15) is 34.1 Å². The predicted molar refractivity (Wildman–Crippen MR) is 304 cm³/mol. The molecular formula is C62H81FN6O11. The molecule has 2 saturated heterocycles. The Morgan fingerprint density at radius 3 is 2.25 bits per heavy atom. The minimum atomic E-state index is -2.01. The van der Waals surface area contributed by atoms with Crippen LogP contribution in [0.2, 0.25) is 0 Å². The number of carbonyl (C=O) groups is 4. The van der Waals surface area contributed by atoms with Crippen molar-refractivity contribution in [1.29, 1.82) is 0 Å². The number of amides is 2. The lowest BCUT2D eigenvalue weighted by Crippen LogP contribution is -2.47. The summed E-state index contributed by atoms with van der Waals surface area (Å²) in [6.45, 7) is 22.4.